The molecule has 29 heavy (non-hydrogen) atoms. The molecule has 1 aromatic carbocycles. The summed E-state index contributed by atoms with van der Waals surface area (Å²) in [5.41, 5.74) is -0.244. The SMILES string of the molecule is CCOCCSc1nnc(CNc2cccc(C(F)(F)F)c2)n1C1CCCCC1. The molecule has 1 saturated carbocycles. The van der Waals surface area contributed by atoms with E-state index in [4.69, 9.17) is 4.74 Å². The number of nitrogens with one attached hydrogen (secondary N) is 1. The number of ether oxygens (including phenoxy) is 1. The Balaban J connectivity index is 1.73. The predicted molar refractivity (Wildman–Crippen MR) is 108 cm³/mol. The Morgan fingerprint density at radius 1 is 1.21 bits per heavy atom. The van der Waals surface area contributed by atoms with Crippen molar-refractivity contribution in [2.75, 3.05) is 24.3 Å². The van der Waals surface area contributed by atoms with Gasteiger partial charge in [0.15, 0.2) is 11.0 Å². The maximum absolute atomic E-state index is 12.9. The zero-order valence-corrected chi connectivity index (χ0v) is 17.4. The van der Waals surface area contributed by atoms with E-state index in [0.29, 0.717) is 31.5 Å². The highest BCUT2D eigenvalue weighted by molar-refractivity contribution is 7.99. The Morgan fingerprint density at radius 2 is 2.00 bits per heavy atom. The second-order valence-corrected chi connectivity index (χ2v) is 8.10. The zero-order valence-electron chi connectivity index (χ0n) is 16.5. The number of hydrogen-bond donors (Lipinski definition) is 1. The Hall–Kier alpha value is -1.74. The second-order valence-electron chi connectivity index (χ2n) is 7.04. The monoisotopic (exact) mass is 428 g/mol. The number of anilines is 1. The Bertz CT molecular complexity index is 775. The van der Waals surface area contributed by atoms with Crippen molar-refractivity contribution in [2.45, 2.75) is 62.9 Å². The number of hydrogen-bond acceptors (Lipinski definition) is 5. The van der Waals surface area contributed by atoms with Crippen molar-refractivity contribution >= 4 is 17.4 Å². The van der Waals surface area contributed by atoms with Gasteiger partial charge in [-0.05, 0) is 38.0 Å². The van der Waals surface area contributed by atoms with Gasteiger partial charge in [-0.15, -0.1) is 10.2 Å². The molecule has 5 nitrogen and oxygen atoms in total. The van der Waals surface area contributed by atoms with Gasteiger partial charge in [0.05, 0.1) is 18.7 Å². The number of alkyl halides is 3. The van der Waals surface area contributed by atoms with Crippen LogP contribution in [0.1, 0.15) is 56.5 Å². The van der Waals surface area contributed by atoms with E-state index in [1.807, 2.05) is 6.92 Å². The molecule has 3 rings (SSSR count). The molecule has 1 aliphatic rings. The van der Waals surface area contributed by atoms with Crippen LogP contribution in [0.3, 0.4) is 0 Å². The third-order valence-corrected chi connectivity index (χ3v) is 5.89. The summed E-state index contributed by atoms with van der Waals surface area (Å²) in [6.45, 7) is 3.63. The minimum atomic E-state index is -4.36. The lowest BCUT2D eigenvalue weighted by molar-refractivity contribution is -0.137. The van der Waals surface area contributed by atoms with Crippen LogP contribution in [0.15, 0.2) is 29.4 Å². The third kappa shape index (κ3) is 6.12. The number of aromatic nitrogens is 3. The van der Waals surface area contributed by atoms with Crippen LogP contribution in [0.4, 0.5) is 18.9 Å². The van der Waals surface area contributed by atoms with Crippen molar-refractivity contribution in [1.82, 2.24) is 14.8 Å². The van der Waals surface area contributed by atoms with Gasteiger partial charge >= 0.3 is 6.18 Å². The van der Waals surface area contributed by atoms with Crippen LogP contribution in [0.5, 0.6) is 0 Å². The molecule has 1 aliphatic carbocycles. The molecule has 0 spiro atoms. The molecule has 0 saturated heterocycles. The normalized spacial score (nSPS) is 15.6. The molecule has 1 fully saturated rings. The molecule has 0 aliphatic heterocycles. The number of nitrogens with zero attached hydrogens (tertiary/aromatic N) is 3. The number of benzene rings is 1. The summed E-state index contributed by atoms with van der Waals surface area (Å²) in [6, 6.07) is 5.58. The van der Waals surface area contributed by atoms with Crippen LogP contribution in [0.25, 0.3) is 0 Å². The fourth-order valence-electron chi connectivity index (χ4n) is 3.56. The van der Waals surface area contributed by atoms with Gasteiger partial charge in [-0.2, -0.15) is 13.2 Å². The highest BCUT2D eigenvalue weighted by Crippen LogP contribution is 2.33. The molecule has 0 unspecified atom stereocenters. The van der Waals surface area contributed by atoms with E-state index in [-0.39, 0.29) is 0 Å². The van der Waals surface area contributed by atoms with E-state index >= 15 is 0 Å². The van der Waals surface area contributed by atoms with Gasteiger partial charge in [-0.3, -0.25) is 0 Å². The highest BCUT2D eigenvalue weighted by atomic mass is 32.2. The molecule has 1 heterocycles. The molecule has 9 heteroatoms. The average molecular weight is 429 g/mol. The first kappa shape index (κ1) is 22.0. The zero-order chi connectivity index (χ0) is 20.7. The van der Waals surface area contributed by atoms with E-state index in [1.165, 1.54) is 25.3 Å². The number of thioether (sulfide) groups is 1. The van der Waals surface area contributed by atoms with Crippen molar-refractivity contribution in [2.24, 2.45) is 0 Å². The van der Waals surface area contributed by atoms with Crippen LogP contribution < -0.4 is 5.32 Å². The Kier molecular flexibility index (Phi) is 7.83. The Morgan fingerprint density at radius 3 is 2.72 bits per heavy atom. The largest absolute Gasteiger partial charge is 0.416 e. The predicted octanol–water partition coefficient (Wildman–Crippen LogP) is 5.54. The molecule has 0 bridgehead atoms. The minimum absolute atomic E-state index is 0.330. The third-order valence-electron chi connectivity index (χ3n) is 4.98. The standard InChI is InChI=1S/C20H27F3N4OS/c1-2-28-11-12-29-19-26-25-18(27(19)17-9-4-3-5-10-17)14-24-16-8-6-7-15(13-16)20(21,22)23/h6-8,13,17,24H,2-5,9-12,14H2,1H3. The first-order valence-electron chi connectivity index (χ1n) is 10.0. The van der Waals surface area contributed by atoms with Gasteiger partial charge < -0.3 is 14.6 Å². The van der Waals surface area contributed by atoms with Gasteiger partial charge in [0.2, 0.25) is 0 Å². The van der Waals surface area contributed by atoms with Crippen LogP contribution in [0, 0.1) is 0 Å². The second kappa shape index (κ2) is 10.3. The van der Waals surface area contributed by atoms with Crippen LogP contribution in [-0.4, -0.2) is 33.7 Å². The highest BCUT2D eigenvalue weighted by Gasteiger charge is 2.30. The molecular formula is C20H27F3N4OS. The topological polar surface area (TPSA) is 52.0 Å². The van der Waals surface area contributed by atoms with Crippen LogP contribution >= 0.6 is 11.8 Å². The van der Waals surface area contributed by atoms with Gasteiger partial charge in [-0.25, -0.2) is 0 Å². The fraction of sp³-hybridized carbons (Fsp3) is 0.600. The molecule has 2 aromatic rings. The van der Waals surface area contributed by atoms with Crippen molar-refractivity contribution in [3.63, 3.8) is 0 Å². The summed E-state index contributed by atoms with van der Waals surface area (Å²) in [6.07, 6.45) is 1.38. The van der Waals surface area contributed by atoms with E-state index < -0.39 is 11.7 Å². The van der Waals surface area contributed by atoms with E-state index in [0.717, 1.165) is 41.7 Å². The van der Waals surface area contributed by atoms with Gasteiger partial charge in [0.25, 0.3) is 0 Å². The molecule has 0 amide bonds. The lowest BCUT2D eigenvalue weighted by Crippen LogP contribution is -2.18. The quantitative estimate of drug-likeness (QED) is 0.420. The summed E-state index contributed by atoms with van der Waals surface area (Å²) in [4.78, 5) is 0. The lowest BCUT2D eigenvalue weighted by atomic mass is 9.95. The van der Waals surface area contributed by atoms with E-state index in [1.54, 1.807) is 17.8 Å². The first-order valence-corrected chi connectivity index (χ1v) is 11.0. The molecule has 0 atom stereocenters. The van der Waals surface area contributed by atoms with Crippen molar-refractivity contribution < 1.29 is 17.9 Å². The summed E-state index contributed by atoms with van der Waals surface area (Å²) in [7, 11) is 0. The van der Waals surface area contributed by atoms with E-state index in [2.05, 4.69) is 20.1 Å². The van der Waals surface area contributed by atoms with Gasteiger partial charge in [0, 0.05) is 24.1 Å². The minimum Gasteiger partial charge on any atom is -0.381 e. The molecular weight excluding hydrogens is 401 g/mol. The summed E-state index contributed by atoms with van der Waals surface area (Å²) < 4.78 is 46.4. The Labute approximate surface area is 173 Å². The lowest BCUT2D eigenvalue weighted by Gasteiger charge is -2.25. The summed E-state index contributed by atoms with van der Waals surface area (Å²) in [5, 5.41) is 12.6. The summed E-state index contributed by atoms with van der Waals surface area (Å²) >= 11 is 1.62. The summed E-state index contributed by atoms with van der Waals surface area (Å²) in [5.74, 6) is 1.55. The molecule has 1 N–H and O–H groups in total. The molecule has 0 radical (unpaired) electrons. The van der Waals surface area contributed by atoms with Gasteiger partial charge in [-0.1, -0.05) is 37.1 Å². The maximum atomic E-state index is 12.9. The average Bonchev–Trinajstić information content (AvgIpc) is 3.13. The first-order chi connectivity index (χ1) is 14.0. The van der Waals surface area contributed by atoms with Crippen molar-refractivity contribution in [1.29, 1.82) is 0 Å². The maximum Gasteiger partial charge on any atom is 0.416 e. The van der Waals surface area contributed by atoms with E-state index in [9.17, 15) is 13.2 Å². The molecule has 160 valence electrons. The smallest absolute Gasteiger partial charge is 0.381 e. The van der Waals surface area contributed by atoms with Crippen molar-refractivity contribution in [3.8, 4) is 0 Å². The molecule has 1 aromatic heterocycles. The van der Waals surface area contributed by atoms with Gasteiger partial charge in [0.1, 0.15) is 0 Å². The van der Waals surface area contributed by atoms with Crippen molar-refractivity contribution in [3.05, 3.63) is 35.7 Å². The number of halogens is 3. The fourth-order valence-corrected chi connectivity index (χ4v) is 4.43. The van der Waals surface area contributed by atoms with Crippen LogP contribution in [-0.2, 0) is 17.5 Å². The van der Waals surface area contributed by atoms with Crippen LogP contribution in [0.2, 0.25) is 0 Å². The number of rotatable bonds is 9.